The molecule has 0 aliphatic heterocycles. The third-order valence-corrected chi connectivity index (χ3v) is 6.85. The lowest BCUT2D eigenvalue weighted by atomic mass is 10.1. The van der Waals surface area contributed by atoms with Crippen LogP contribution >= 0.6 is 11.6 Å². The Morgan fingerprint density at radius 1 is 1.11 bits per heavy atom. The third kappa shape index (κ3) is 7.50. The number of hydrogen-bond donors (Lipinski definition) is 1. The van der Waals surface area contributed by atoms with Crippen LogP contribution in [-0.2, 0) is 26.2 Å². The van der Waals surface area contributed by atoms with Crippen molar-refractivity contribution in [3.05, 3.63) is 53.1 Å². The number of methoxy groups -OCH3 is 2. The highest BCUT2D eigenvalue weighted by molar-refractivity contribution is 7.92. The Labute approximate surface area is 212 Å². The standard InChI is InChI=1S/C24H32ClN3O6S/c1-6-13-26-24(30)17(2)27(15-18-9-7-8-10-20(18)25)23(29)16-28(35(5,31)32)21-12-11-19(33-3)14-22(21)34-4/h7-12,14,17H,6,13,15-16H2,1-5H3,(H,26,30). The second-order valence-electron chi connectivity index (χ2n) is 7.89. The number of carbonyl (C=O) groups is 2. The van der Waals surface area contributed by atoms with E-state index in [2.05, 4.69) is 5.32 Å². The molecule has 0 fully saturated rings. The van der Waals surface area contributed by atoms with Gasteiger partial charge < -0.3 is 19.7 Å². The van der Waals surface area contributed by atoms with E-state index in [1.54, 1.807) is 37.3 Å². The van der Waals surface area contributed by atoms with Crippen LogP contribution in [0.25, 0.3) is 0 Å². The Morgan fingerprint density at radius 3 is 2.37 bits per heavy atom. The number of nitrogens with one attached hydrogen (secondary N) is 1. The number of halogens is 1. The maximum atomic E-state index is 13.6. The van der Waals surface area contributed by atoms with Crippen molar-refractivity contribution in [2.45, 2.75) is 32.9 Å². The minimum Gasteiger partial charge on any atom is -0.497 e. The highest BCUT2D eigenvalue weighted by Crippen LogP contribution is 2.33. The van der Waals surface area contributed by atoms with Crippen LogP contribution in [0, 0.1) is 0 Å². The van der Waals surface area contributed by atoms with Crippen molar-refractivity contribution < 1.29 is 27.5 Å². The smallest absolute Gasteiger partial charge is 0.244 e. The van der Waals surface area contributed by atoms with Crippen LogP contribution in [0.2, 0.25) is 5.02 Å². The Bertz CT molecular complexity index is 1140. The molecule has 0 bridgehead atoms. The number of amides is 2. The van der Waals surface area contributed by atoms with Crippen LogP contribution in [0.5, 0.6) is 11.5 Å². The molecule has 0 radical (unpaired) electrons. The zero-order valence-corrected chi connectivity index (χ0v) is 22.1. The topological polar surface area (TPSA) is 105 Å². The Morgan fingerprint density at radius 2 is 1.80 bits per heavy atom. The van der Waals surface area contributed by atoms with E-state index in [1.807, 2.05) is 6.92 Å². The average Bonchev–Trinajstić information content (AvgIpc) is 2.83. The van der Waals surface area contributed by atoms with Gasteiger partial charge in [0.2, 0.25) is 21.8 Å². The highest BCUT2D eigenvalue weighted by atomic mass is 35.5. The molecule has 0 aliphatic carbocycles. The molecule has 0 saturated carbocycles. The van der Waals surface area contributed by atoms with E-state index in [-0.39, 0.29) is 23.9 Å². The molecule has 0 aliphatic rings. The summed E-state index contributed by atoms with van der Waals surface area (Å²) in [6.07, 6.45) is 1.73. The van der Waals surface area contributed by atoms with Crippen LogP contribution < -0.4 is 19.1 Å². The van der Waals surface area contributed by atoms with Crippen molar-refractivity contribution >= 4 is 39.1 Å². The molecular formula is C24H32ClN3O6S. The molecular weight excluding hydrogens is 494 g/mol. The van der Waals surface area contributed by atoms with Crippen molar-refractivity contribution in [3.63, 3.8) is 0 Å². The first-order chi connectivity index (χ1) is 16.5. The van der Waals surface area contributed by atoms with Gasteiger partial charge in [-0.15, -0.1) is 0 Å². The van der Waals surface area contributed by atoms with Gasteiger partial charge >= 0.3 is 0 Å². The van der Waals surface area contributed by atoms with Gasteiger partial charge in [-0.05, 0) is 37.1 Å². The lowest BCUT2D eigenvalue weighted by Crippen LogP contribution is -2.51. The van der Waals surface area contributed by atoms with Crippen molar-refractivity contribution in [2.75, 3.05) is 37.9 Å². The summed E-state index contributed by atoms with van der Waals surface area (Å²) in [6.45, 7) is 3.45. The van der Waals surface area contributed by atoms with Crippen molar-refractivity contribution in [1.29, 1.82) is 0 Å². The molecule has 2 rings (SSSR count). The molecule has 35 heavy (non-hydrogen) atoms. The molecule has 2 amide bonds. The number of anilines is 1. The van der Waals surface area contributed by atoms with Crippen LogP contribution in [0.1, 0.15) is 25.8 Å². The van der Waals surface area contributed by atoms with E-state index < -0.39 is 28.5 Å². The number of benzene rings is 2. The second-order valence-corrected chi connectivity index (χ2v) is 10.2. The van der Waals surface area contributed by atoms with Crippen LogP contribution in [0.4, 0.5) is 5.69 Å². The van der Waals surface area contributed by atoms with Gasteiger partial charge in [0.15, 0.2) is 0 Å². The van der Waals surface area contributed by atoms with Crippen molar-refractivity contribution in [1.82, 2.24) is 10.2 Å². The number of nitrogens with zero attached hydrogens (tertiary/aromatic N) is 2. The van der Waals surface area contributed by atoms with Gasteiger partial charge in [-0.2, -0.15) is 0 Å². The third-order valence-electron chi connectivity index (χ3n) is 5.35. The first-order valence-electron chi connectivity index (χ1n) is 11.0. The van der Waals surface area contributed by atoms with E-state index in [0.717, 1.165) is 17.0 Å². The zero-order valence-electron chi connectivity index (χ0n) is 20.6. The maximum Gasteiger partial charge on any atom is 0.244 e. The van der Waals surface area contributed by atoms with E-state index in [9.17, 15) is 18.0 Å². The van der Waals surface area contributed by atoms with Gasteiger partial charge in [0, 0.05) is 24.2 Å². The van der Waals surface area contributed by atoms with Gasteiger partial charge in [0.1, 0.15) is 24.1 Å². The number of hydrogen-bond acceptors (Lipinski definition) is 6. The summed E-state index contributed by atoms with van der Waals surface area (Å²) >= 11 is 6.31. The second kappa shape index (κ2) is 12.6. The SMILES string of the molecule is CCCNC(=O)C(C)N(Cc1ccccc1Cl)C(=O)CN(c1ccc(OC)cc1OC)S(C)(=O)=O. The molecule has 2 aromatic rings. The van der Waals surface area contributed by atoms with Crippen molar-refractivity contribution in [3.8, 4) is 11.5 Å². The maximum absolute atomic E-state index is 13.6. The average molecular weight is 526 g/mol. The Hall–Kier alpha value is -2.98. The molecule has 11 heteroatoms. The summed E-state index contributed by atoms with van der Waals surface area (Å²) in [5.74, 6) is -0.242. The molecule has 2 aromatic carbocycles. The normalized spacial score (nSPS) is 11.9. The van der Waals surface area contributed by atoms with E-state index in [0.29, 0.717) is 22.9 Å². The predicted molar refractivity (Wildman–Crippen MR) is 137 cm³/mol. The van der Waals surface area contributed by atoms with Crippen LogP contribution in [0.3, 0.4) is 0 Å². The van der Waals surface area contributed by atoms with Crippen LogP contribution in [0.15, 0.2) is 42.5 Å². The van der Waals surface area contributed by atoms with Gasteiger partial charge in [0.25, 0.3) is 0 Å². The fourth-order valence-corrected chi connectivity index (χ4v) is 4.42. The number of sulfonamides is 1. The molecule has 192 valence electrons. The summed E-state index contributed by atoms with van der Waals surface area (Å²) in [5.41, 5.74) is 0.801. The quantitative estimate of drug-likeness (QED) is 0.456. The van der Waals surface area contributed by atoms with E-state index in [4.69, 9.17) is 21.1 Å². The number of rotatable bonds is 12. The highest BCUT2D eigenvalue weighted by Gasteiger charge is 2.31. The largest absolute Gasteiger partial charge is 0.497 e. The molecule has 1 N–H and O–H groups in total. The van der Waals surface area contributed by atoms with Crippen molar-refractivity contribution in [2.24, 2.45) is 0 Å². The summed E-state index contributed by atoms with van der Waals surface area (Å²) < 4.78 is 37.0. The monoisotopic (exact) mass is 525 g/mol. The van der Waals surface area contributed by atoms with Gasteiger partial charge in [-0.1, -0.05) is 36.7 Å². The molecule has 0 aromatic heterocycles. The zero-order chi connectivity index (χ0) is 26.2. The van der Waals surface area contributed by atoms with Gasteiger partial charge in [-0.3, -0.25) is 13.9 Å². The minimum absolute atomic E-state index is 0.0244. The Balaban J connectivity index is 2.46. The predicted octanol–water partition coefficient (Wildman–Crippen LogP) is 3.07. The van der Waals surface area contributed by atoms with Gasteiger partial charge in [0.05, 0.1) is 26.2 Å². The van der Waals surface area contributed by atoms with Crippen LogP contribution in [-0.4, -0.2) is 64.7 Å². The fraction of sp³-hybridized carbons (Fsp3) is 0.417. The van der Waals surface area contributed by atoms with Gasteiger partial charge in [-0.25, -0.2) is 8.42 Å². The summed E-state index contributed by atoms with van der Waals surface area (Å²) in [7, 11) is -1.03. The summed E-state index contributed by atoms with van der Waals surface area (Å²) in [5, 5.41) is 3.22. The summed E-state index contributed by atoms with van der Waals surface area (Å²) in [6, 6.07) is 10.7. The fourth-order valence-electron chi connectivity index (χ4n) is 3.37. The first-order valence-corrected chi connectivity index (χ1v) is 13.3. The molecule has 9 nitrogen and oxygen atoms in total. The molecule has 0 spiro atoms. The Kier molecular flexibility index (Phi) is 10.2. The van der Waals surface area contributed by atoms with E-state index >= 15 is 0 Å². The summed E-state index contributed by atoms with van der Waals surface area (Å²) in [4.78, 5) is 27.6. The lowest BCUT2D eigenvalue weighted by molar-refractivity contribution is -0.139. The minimum atomic E-state index is -3.90. The first kappa shape index (κ1) is 28.3. The number of ether oxygens (including phenoxy) is 2. The molecule has 0 saturated heterocycles. The molecule has 1 atom stereocenters. The molecule has 0 heterocycles. The molecule has 1 unspecified atom stereocenters. The lowest BCUT2D eigenvalue weighted by Gasteiger charge is -2.32. The van der Waals surface area contributed by atoms with E-state index in [1.165, 1.54) is 31.3 Å². The number of carbonyl (C=O) groups excluding carboxylic acids is 2.